The molecule has 10 aromatic rings. The van der Waals surface area contributed by atoms with E-state index in [9.17, 15) is 0 Å². The lowest BCUT2D eigenvalue weighted by atomic mass is 9.91. The first-order chi connectivity index (χ1) is 30.7. The van der Waals surface area contributed by atoms with Gasteiger partial charge in [-0.05, 0) is 123 Å². The van der Waals surface area contributed by atoms with Gasteiger partial charge >= 0.3 is 0 Å². The van der Waals surface area contributed by atoms with Gasteiger partial charge in [-0.15, -0.1) is 0 Å². The Morgan fingerprint density at radius 2 is 0.645 bits per heavy atom. The van der Waals surface area contributed by atoms with Crippen LogP contribution in [0.1, 0.15) is 55.6 Å². The average molecular weight is 789 g/mol. The Balaban J connectivity index is 0.912. The van der Waals surface area contributed by atoms with Crippen LogP contribution in [-0.2, 0) is 0 Å². The Labute approximate surface area is 364 Å². The molecule has 292 valence electrons. The smallest absolute Gasteiger partial charge is 0.00992 e. The van der Waals surface area contributed by atoms with Gasteiger partial charge in [0.15, 0.2) is 0 Å². The van der Waals surface area contributed by atoms with Crippen molar-refractivity contribution >= 4 is 79.9 Å². The topological polar surface area (TPSA) is 0 Å². The van der Waals surface area contributed by atoms with Gasteiger partial charge in [0, 0.05) is 0 Å². The normalized spacial score (nSPS) is 12.3. The summed E-state index contributed by atoms with van der Waals surface area (Å²) in [5.41, 5.74) is 14.3. The summed E-state index contributed by atoms with van der Waals surface area (Å²) < 4.78 is 0. The van der Waals surface area contributed by atoms with Crippen LogP contribution in [0.5, 0.6) is 0 Å². The molecule has 0 saturated heterocycles. The summed E-state index contributed by atoms with van der Waals surface area (Å²) in [6.07, 6.45) is 13.5. The van der Waals surface area contributed by atoms with E-state index in [1.54, 1.807) is 0 Å². The molecule has 0 aliphatic carbocycles. The third-order valence-corrected chi connectivity index (χ3v) is 11.7. The van der Waals surface area contributed by atoms with Gasteiger partial charge in [-0.2, -0.15) is 0 Å². The zero-order valence-electron chi connectivity index (χ0n) is 34.4. The van der Waals surface area contributed by atoms with Crippen molar-refractivity contribution in [2.75, 3.05) is 0 Å². The Bertz CT molecular complexity index is 3280. The Kier molecular flexibility index (Phi) is 10.9. The number of hydrogen-bond donors (Lipinski definition) is 0. The third-order valence-electron chi connectivity index (χ3n) is 11.7. The highest BCUT2D eigenvalue weighted by Gasteiger charge is 2.11. The van der Waals surface area contributed by atoms with Crippen molar-refractivity contribution in [3.63, 3.8) is 0 Å². The number of fused-ring (bicyclic) bond motifs is 3. The van der Waals surface area contributed by atoms with Gasteiger partial charge in [-0.1, -0.05) is 243 Å². The summed E-state index contributed by atoms with van der Waals surface area (Å²) in [5.74, 6) is 0. The van der Waals surface area contributed by atoms with E-state index < -0.39 is 0 Å². The highest BCUT2D eigenvalue weighted by Crippen LogP contribution is 2.34. The predicted molar refractivity (Wildman–Crippen MR) is 269 cm³/mol. The lowest BCUT2D eigenvalue weighted by Crippen LogP contribution is -1.90. The molecule has 0 nitrogen and oxygen atoms in total. The SMILES string of the molecule is C(=Cc1cc(C=Cc2ccc(C=C(c3ccccc3)c3cccc4ccccc34)cc2)c2ccccc2c1)c1ccc(C=C(c2ccccc2)c2cccc3ccccc23)cc1. The molecule has 0 saturated carbocycles. The zero-order valence-corrected chi connectivity index (χ0v) is 34.4. The van der Waals surface area contributed by atoms with E-state index in [0.717, 1.165) is 27.8 Å². The highest BCUT2D eigenvalue weighted by molar-refractivity contribution is 6.04. The molecular formula is C62H44. The van der Waals surface area contributed by atoms with Crippen LogP contribution in [-0.4, -0.2) is 0 Å². The minimum absolute atomic E-state index is 1.16. The van der Waals surface area contributed by atoms with Crippen LogP contribution in [0.15, 0.2) is 231 Å². The fourth-order valence-corrected chi connectivity index (χ4v) is 8.51. The van der Waals surface area contributed by atoms with E-state index in [4.69, 9.17) is 0 Å². The van der Waals surface area contributed by atoms with E-state index in [1.165, 1.54) is 71.3 Å². The van der Waals surface area contributed by atoms with Crippen LogP contribution in [0, 0.1) is 0 Å². The molecule has 0 aromatic heterocycles. The van der Waals surface area contributed by atoms with Crippen molar-refractivity contribution in [3.8, 4) is 0 Å². The van der Waals surface area contributed by atoms with Gasteiger partial charge in [-0.25, -0.2) is 0 Å². The second kappa shape index (κ2) is 17.7. The van der Waals surface area contributed by atoms with Crippen LogP contribution >= 0.6 is 0 Å². The molecule has 10 rings (SSSR count). The first-order valence-electron chi connectivity index (χ1n) is 21.3. The molecule has 0 amide bonds. The first kappa shape index (κ1) is 38.2. The number of benzene rings is 10. The third kappa shape index (κ3) is 8.36. The quantitative estimate of drug-likeness (QED) is 0.121. The standard InChI is InChI=1S/C62H44/c1-3-15-52(16-4-1)61(59-27-13-22-50-19-7-11-25-57(50)59)43-47-34-29-45(30-35-47)33-38-49-41-54-21-9-10-24-56(54)55(42-49)40-39-46-31-36-48(37-32-46)44-62(53-17-5-2-6-18-53)60-28-14-23-51-20-8-12-26-58(51)60/h1-44H. The summed E-state index contributed by atoms with van der Waals surface area (Å²) >= 11 is 0. The van der Waals surface area contributed by atoms with Gasteiger partial charge in [0.05, 0.1) is 0 Å². The van der Waals surface area contributed by atoms with Crippen LogP contribution in [0.3, 0.4) is 0 Å². The Hall–Kier alpha value is -8.06. The van der Waals surface area contributed by atoms with Crippen molar-refractivity contribution in [2.24, 2.45) is 0 Å². The van der Waals surface area contributed by atoms with Gasteiger partial charge < -0.3 is 0 Å². The lowest BCUT2D eigenvalue weighted by Gasteiger charge is -2.12. The van der Waals surface area contributed by atoms with E-state index in [-0.39, 0.29) is 0 Å². The summed E-state index contributed by atoms with van der Waals surface area (Å²) in [5, 5.41) is 7.45. The summed E-state index contributed by atoms with van der Waals surface area (Å²) in [6.45, 7) is 0. The van der Waals surface area contributed by atoms with Crippen LogP contribution in [0.25, 0.3) is 79.9 Å². The molecule has 0 unspecified atom stereocenters. The summed E-state index contributed by atoms with van der Waals surface area (Å²) in [6, 6.07) is 82.7. The van der Waals surface area contributed by atoms with Crippen LogP contribution in [0.2, 0.25) is 0 Å². The molecule has 0 N–H and O–H groups in total. The molecule has 0 bridgehead atoms. The van der Waals surface area contributed by atoms with E-state index in [2.05, 4.69) is 267 Å². The molecule has 0 radical (unpaired) electrons. The number of hydrogen-bond acceptors (Lipinski definition) is 0. The van der Waals surface area contributed by atoms with E-state index >= 15 is 0 Å². The van der Waals surface area contributed by atoms with Crippen molar-refractivity contribution < 1.29 is 0 Å². The van der Waals surface area contributed by atoms with Crippen molar-refractivity contribution in [1.82, 2.24) is 0 Å². The fourth-order valence-electron chi connectivity index (χ4n) is 8.51. The monoisotopic (exact) mass is 788 g/mol. The molecule has 10 aromatic carbocycles. The summed E-state index contributed by atoms with van der Waals surface area (Å²) in [7, 11) is 0. The minimum Gasteiger partial charge on any atom is -0.0622 e. The van der Waals surface area contributed by atoms with Gasteiger partial charge in [0.1, 0.15) is 0 Å². The van der Waals surface area contributed by atoms with Crippen molar-refractivity contribution in [2.45, 2.75) is 0 Å². The highest BCUT2D eigenvalue weighted by atomic mass is 14.1. The van der Waals surface area contributed by atoms with Gasteiger partial charge in [0.25, 0.3) is 0 Å². The number of rotatable bonds is 10. The molecular weight excluding hydrogens is 745 g/mol. The maximum atomic E-state index is 2.31. The summed E-state index contributed by atoms with van der Waals surface area (Å²) in [4.78, 5) is 0. The Morgan fingerprint density at radius 1 is 0.258 bits per heavy atom. The van der Waals surface area contributed by atoms with Crippen LogP contribution < -0.4 is 0 Å². The molecule has 0 spiro atoms. The zero-order chi connectivity index (χ0) is 41.5. The first-order valence-corrected chi connectivity index (χ1v) is 21.3. The van der Waals surface area contributed by atoms with Crippen molar-refractivity contribution in [3.05, 3.63) is 286 Å². The lowest BCUT2D eigenvalue weighted by molar-refractivity contribution is 1.57. The largest absolute Gasteiger partial charge is 0.0622 e. The maximum absolute atomic E-state index is 2.31. The molecule has 0 heterocycles. The second-order valence-electron chi connectivity index (χ2n) is 15.7. The molecule has 62 heavy (non-hydrogen) atoms. The molecule has 0 aliphatic heterocycles. The van der Waals surface area contributed by atoms with E-state index in [1.807, 2.05) is 0 Å². The Morgan fingerprint density at radius 3 is 1.16 bits per heavy atom. The predicted octanol–water partition coefficient (Wildman–Crippen LogP) is 16.7. The molecule has 0 fully saturated rings. The fraction of sp³-hybridized carbons (Fsp3) is 0. The maximum Gasteiger partial charge on any atom is -0.00992 e. The van der Waals surface area contributed by atoms with Crippen molar-refractivity contribution in [1.29, 1.82) is 0 Å². The van der Waals surface area contributed by atoms with Gasteiger partial charge in [-0.3, -0.25) is 0 Å². The molecule has 0 heteroatoms. The minimum atomic E-state index is 1.16. The second-order valence-corrected chi connectivity index (χ2v) is 15.7. The molecule has 0 aliphatic rings. The van der Waals surface area contributed by atoms with Gasteiger partial charge in [0.2, 0.25) is 0 Å². The van der Waals surface area contributed by atoms with Crippen LogP contribution in [0.4, 0.5) is 0 Å². The van der Waals surface area contributed by atoms with E-state index in [0.29, 0.717) is 0 Å². The molecule has 0 atom stereocenters. The average Bonchev–Trinajstić information content (AvgIpc) is 3.34.